The lowest BCUT2D eigenvalue weighted by Gasteiger charge is -2.26. The first-order valence-electron chi connectivity index (χ1n) is 17.8. The molecule has 1 aromatic heterocycles. The van der Waals surface area contributed by atoms with Gasteiger partial charge in [0, 0.05) is 37.2 Å². The predicted molar refractivity (Wildman–Crippen MR) is 225 cm³/mol. The third-order valence-electron chi connectivity index (χ3n) is 10.3. The van der Waals surface area contributed by atoms with Crippen LogP contribution in [-0.2, 0) is 0 Å². The predicted octanol–water partition coefficient (Wildman–Crippen LogP) is 14.8. The minimum Gasteiger partial charge on any atom is -0.310 e. The van der Waals surface area contributed by atoms with E-state index in [9.17, 15) is 0 Å². The molecule has 0 aliphatic heterocycles. The highest BCUT2D eigenvalue weighted by Crippen LogP contribution is 2.44. The summed E-state index contributed by atoms with van der Waals surface area (Å²) in [6.45, 7) is 0. The monoisotopic (exact) mass is 679 g/mol. The summed E-state index contributed by atoms with van der Waals surface area (Å²) in [6, 6.07) is 72.8. The Kier molecular flexibility index (Phi) is 7.41. The molecule has 10 aromatic rings. The Balaban J connectivity index is 1.10. The van der Waals surface area contributed by atoms with Crippen LogP contribution in [0.25, 0.3) is 75.1 Å². The quantitative estimate of drug-likeness (QED) is 0.169. The van der Waals surface area contributed by atoms with E-state index in [4.69, 9.17) is 0 Å². The fourth-order valence-corrected chi connectivity index (χ4v) is 9.02. The first kappa shape index (κ1) is 30.4. The molecule has 0 spiro atoms. The van der Waals surface area contributed by atoms with E-state index >= 15 is 0 Å². The van der Waals surface area contributed by atoms with Gasteiger partial charge in [0.15, 0.2) is 0 Å². The van der Waals surface area contributed by atoms with Crippen molar-refractivity contribution >= 4 is 70.1 Å². The van der Waals surface area contributed by atoms with Crippen LogP contribution in [0.15, 0.2) is 200 Å². The third kappa shape index (κ3) is 5.24. The first-order chi connectivity index (χ1) is 25.8. The minimum absolute atomic E-state index is 1.12. The molecule has 0 aliphatic carbocycles. The zero-order chi connectivity index (χ0) is 34.4. The molecule has 0 unspecified atom stereocenters. The maximum absolute atomic E-state index is 2.39. The lowest BCUT2D eigenvalue weighted by Crippen LogP contribution is -2.09. The molecule has 0 atom stereocenters. The summed E-state index contributed by atoms with van der Waals surface area (Å²) in [6.07, 6.45) is 0. The van der Waals surface area contributed by atoms with Gasteiger partial charge < -0.3 is 4.90 Å². The standard InChI is InChI=1S/C50H33NS/c1-2-11-36(12-3-1)46-21-10-22-48-47-32-31-41(33-49(47)52-50(46)48)51(39-27-23-37(24-28-39)44-19-8-15-34-13-4-6-17-42(34)44)40-29-25-38(26-30-40)45-20-9-16-35-14-5-7-18-43(35)45/h1-33H. The number of thiophene rings is 1. The van der Waals surface area contributed by atoms with E-state index < -0.39 is 0 Å². The summed E-state index contributed by atoms with van der Waals surface area (Å²) in [4.78, 5) is 2.39. The number of hydrogen-bond acceptors (Lipinski definition) is 2. The maximum atomic E-state index is 2.39. The smallest absolute Gasteiger partial charge is 0.0476 e. The van der Waals surface area contributed by atoms with Crippen LogP contribution in [0.1, 0.15) is 0 Å². The molecule has 10 rings (SSSR count). The van der Waals surface area contributed by atoms with Crippen LogP contribution in [0.2, 0.25) is 0 Å². The summed E-state index contributed by atoms with van der Waals surface area (Å²) in [5.74, 6) is 0. The van der Waals surface area contributed by atoms with Gasteiger partial charge >= 0.3 is 0 Å². The molecule has 1 nitrogen and oxygen atoms in total. The Morgan fingerprint density at radius 1 is 0.308 bits per heavy atom. The van der Waals surface area contributed by atoms with Crippen molar-refractivity contribution in [2.75, 3.05) is 4.90 Å². The second-order valence-electron chi connectivity index (χ2n) is 13.3. The van der Waals surface area contributed by atoms with Crippen molar-refractivity contribution in [3.63, 3.8) is 0 Å². The Labute approximate surface area is 307 Å². The van der Waals surface area contributed by atoms with Gasteiger partial charge in [0.2, 0.25) is 0 Å². The summed E-state index contributed by atoms with van der Waals surface area (Å²) in [5, 5.41) is 7.64. The molecule has 0 bridgehead atoms. The molecule has 0 amide bonds. The maximum Gasteiger partial charge on any atom is 0.0476 e. The van der Waals surface area contributed by atoms with Gasteiger partial charge in [0.25, 0.3) is 0 Å². The molecule has 9 aromatic carbocycles. The van der Waals surface area contributed by atoms with Crippen molar-refractivity contribution in [1.29, 1.82) is 0 Å². The molecular formula is C50H33NS. The van der Waals surface area contributed by atoms with E-state index in [2.05, 4.69) is 205 Å². The van der Waals surface area contributed by atoms with Crippen LogP contribution >= 0.6 is 11.3 Å². The normalized spacial score (nSPS) is 11.5. The van der Waals surface area contributed by atoms with E-state index in [0.29, 0.717) is 0 Å². The van der Waals surface area contributed by atoms with Gasteiger partial charge in [0.1, 0.15) is 0 Å². The van der Waals surface area contributed by atoms with Gasteiger partial charge in [-0.1, -0.05) is 164 Å². The molecule has 244 valence electrons. The summed E-state index contributed by atoms with van der Waals surface area (Å²) < 4.78 is 2.60. The number of anilines is 3. The molecule has 0 saturated carbocycles. The van der Waals surface area contributed by atoms with Crippen molar-refractivity contribution in [2.24, 2.45) is 0 Å². The molecule has 1 heterocycles. The van der Waals surface area contributed by atoms with Crippen LogP contribution < -0.4 is 4.90 Å². The molecule has 0 saturated heterocycles. The van der Waals surface area contributed by atoms with Crippen molar-refractivity contribution in [3.8, 4) is 33.4 Å². The average Bonchev–Trinajstić information content (AvgIpc) is 3.60. The van der Waals surface area contributed by atoms with Crippen molar-refractivity contribution < 1.29 is 0 Å². The topological polar surface area (TPSA) is 3.24 Å². The molecule has 0 radical (unpaired) electrons. The number of fused-ring (bicyclic) bond motifs is 5. The van der Waals surface area contributed by atoms with Crippen LogP contribution in [0.4, 0.5) is 17.1 Å². The van der Waals surface area contributed by atoms with Gasteiger partial charge in [-0.05, 0) is 91.3 Å². The highest BCUT2D eigenvalue weighted by Gasteiger charge is 2.17. The molecule has 2 heteroatoms. The largest absolute Gasteiger partial charge is 0.310 e. The Bertz CT molecular complexity index is 2750. The van der Waals surface area contributed by atoms with E-state index in [1.807, 2.05) is 11.3 Å². The number of nitrogens with zero attached hydrogens (tertiary/aromatic N) is 1. The third-order valence-corrected chi connectivity index (χ3v) is 11.5. The van der Waals surface area contributed by atoms with E-state index in [-0.39, 0.29) is 0 Å². The van der Waals surface area contributed by atoms with E-state index in [1.54, 1.807) is 0 Å². The summed E-state index contributed by atoms with van der Waals surface area (Å²) in [7, 11) is 0. The first-order valence-corrected chi connectivity index (χ1v) is 18.6. The van der Waals surface area contributed by atoms with Crippen LogP contribution in [0, 0.1) is 0 Å². The van der Waals surface area contributed by atoms with E-state index in [0.717, 1.165) is 17.1 Å². The van der Waals surface area contributed by atoms with Gasteiger partial charge in [-0.15, -0.1) is 11.3 Å². The Hall–Kier alpha value is -6.48. The van der Waals surface area contributed by atoms with Crippen molar-refractivity contribution in [2.45, 2.75) is 0 Å². The number of benzene rings is 9. The van der Waals surface area contributed by atoms with Gasteiger partial charge in [-0.2, -0.15) is 0 Å². The van der Waals surface area contributed by atoms with Crippen LogP contribution in [0.5, 0.6) is 0 Å². The number of rotatable bonds is 6. The highest BCUT2D eigenvalue weighted by molar-refractivity contribution is 7.26. The van der Waals surface area contributed by atoms with Gasteiger partial charge in [-0.3, -0.25) is 0 Å². The Morgan fingerprint density at radius 2 is 0.769 bits per heavy atom. The SMILES string of the molecule is c1ccc(-c2cccc3c2sc2cc(N(c4ccc(-c5cccc6ccccc56)cc4)c4ccc(-c5cccc6ccccc56)cc4)ccc23)cc1. The lowest BCUT2D eigenvalue weighted by atomic mass is 9.97. The van der Waals surface area contributed by atoms with Gasteiger partial charge in [0.05, 0.1) is 0 Å². The molecule has 0 aliphatic rings. The molecule has 0 N–H and O–H groups in total. The average molecular weight is 680 g/mol. The lowest BCUT2D eigenvalue weighted by molar-refractivity contribution is 1.29. The zero-order valence-corrected chi connectivity index (χ0v) is 29.2. The summed E-state index contributed by atoms with van der Waals surface area (Å²) in [5.41, 5.74) is 10.8. The highest BCUT2D eigenvalue weighted by atomic mass is 32.1. The summed E-state index contributed by atoms with van der Waals surface area (Å²) >= 11 is 1.88. The van der Waals surface area contributed by atoms with Crippen molar-refractivity contribution in [1.82, 2.24) is 0 Å². The zero-order valence-electron chi connectivity index (χ0n) is 28.4. The van der Waals surface area contributed by atoms with E-state index in [1.165, 1.54) is 75.1 Å². The number of hydrogen-bond donors (Lipinski definition) is 0. The van der Waals surface area contributed by atoms with Gasteiger partial charge in [-0.25, -0.2) is 0 Å². The second-order valence-corrected chi connectivity index (χ2v) is 14.4. The molecular weight excluding hydrogens is 647 g/mol. The molecule has 0 fully saturated rings. The second kappa shape index (κ2) is 12.7. The van der Waals surface area contributed by atoms with Crippen molar-refractivity contribution in [3.05, 3.63) is 200 Å². The Morgan fingerprint density at radius 3 is 1.38 bits per heavy atom. The van der Waals surface area contributed by atoms with Crippen LogP contribution in [-0.4, -0.2) is 0 Å². The fraction of sp³-hybridized carbons (Fsp3) is 0. The van der Waals surface area contributed by atoms with Crippen LogP contribution in [0.3, 0.4) is 0 Å². The molecule has 52 heavy (non-hydrogen) atoms. The minimum atomic E-state index is 1.12. The fourth-order valence-electron chi connectivity index (χ4n) is 7.75.